The first-order chi connectivity index (χ1) is 8.49. The maximum Gasteiger partial charge on any atom is 0.242 e. The van der Waals surface area contributed by atoms with Crippen LogP contribution in [-0.2, 0) is 10.0 Å². The lowest BCUT2D eigenvalue weighted by atomic mass is 10.4. The molecule has 0 fully saturated rings. The largest absolute Gasteiger partial charge is 0.315 e. The Bertz CT molecular complexity index is 492. The fourth-order valence-electron chi connectivity index (χ4n) is 1.34. The van der Waals surface area contributed by atoms with Crippen LogP contribution in [0.3, 0.4) is 0 Å². The van der Waals surface area contributed by atoms with Gasteiger partial charge in [-0.3, -0.25) is 0 Å². The number of hydrogen-bond donors (Lipinski definition) is 2. The van der Waals surface area contributed by atoms with Crippen molar-refractivity contribution in [1.29, 1.82) is 0 Å². The third-order valence-electron chi connectivity index (χ3n) is 2.23. The molecule has 0 aliphatic heterocycles. The molecule has 0 saturated carbocycles. The molecule has 18 heavy (non-hydrogen) atoms. The molecule has 1 rings (SSSR count). The molecular weight excluding hydrogens is 295 g/mol. The van der Waals surface area contributed by atoms with E-state index >= 15 is 0 Å². The van der Waals surface area contributed by atoms with Gasteiger partial charge in [-0.1, -0.05) is 36.2 Å². The third-order valence-corrected chi connectivity index (χ3v) is 4.66. The third kappa shape index (κ3) is 4.40. The number of halogens is 2. The van der Waals surface area contributed by atoms with Gasteiger partial charge >= 0.3 is 0 Å². The van der Waals surface area contributed by atoms with Gasteiger partial charge in [0.25, 0.3) is 0 Å². The van der Waals surface area contributed by atoms with Gasteiger partial charge in [0.2, 0.25) is 10.0 Å². The van der Waals surface area contributed by atoms with Crippen molar-refractivity contribution in [1.82, 2.24) is 10.0 Å². The van der Waals surface area contributed by atoms with E-state index in [-0.39, 0.29) is 14.9 Å². The molecular formula is C11H16Cl2N2O2S. The van der Waals surface area contributed by atoms with E-state index in [2.05, 4.69) is 10.0 Å². The van der Waals surface area contributed by atoms with Crippen molar-refractivity contribution in [2.45, 2.75) is 18.2 Å². The monoisotopic (exact) mass is 310 g/mol. The summed E-state index contributed by atoms with van der Waals surface area (Å²) in [6.07, 6.45) is 1.01. The second kappa shape index (κ2) is 7.31. The molecule has 1 aromatic rings. The van der Waals surface area contributed by atoms with Gasteiger partial charge in [-0.05, 0) is 25.1 Å². The minimum Gasteiger partial charge on any atom is -0.315 e. The van der Waals surface area contributed by atoms with Gasteiger partial charge in [0, 0.05) is 13.1 Å². The highest BCUT2D eigenvalue weighted by molar-refractivity contribution is 7.89. The molecule has 0 aliphatic carbocycles. The van der Waals surface area contributed by atoms with Crippen LogP contribution in [0, 0.1) is 0 Å². The second-order valence-electron chi connectivity index (χ2n) is 3.70. The summed E-state index contributed by atoms with van der Waals surface area (Å²) >= 11 is 11.7. The summed E-state index contributed by atoms with van der Waals surface area (Å²) in [7, 11) is -3.61. The van der Waals surface area contributed by atoms with E-state index in [1.807, 2.05) is 6.92 Å². The SMILES string of the molecule is CCCNCCNS(=O)(=O)c1cccc(Cl)c1Cl. The Kier molecular flexibility index (Phi) is 6.38. The molecule has 0 unspecified atom stereocenters. The van der Waals surface area contributed by atoms with Crippen LogP contribution in [0.15, 0.2) is 23.1 Å². The average molecular weight is 311 g/mol. The van der Waals surface area contributed by atoms with Crippen LogP contribution in [0.25, 0.3) is 0 Å². The molecule has 0 aliphatic rings. The lowest BCUT2D eigenvalue weighted by Gasteiger charge is -2.09. The highest BCUT2D eigenvalue weighted by atomic mass is 35.5. The predicted octanol–water partition coefficient (Wildman–Crippen LogP) is 2.27. The highest BCUT2D eigenvalue weighted by Gasteiger charge is 2.18. The Morgan fingerprint density at radius 2 is 1.89 bits per heavy atom. The molecule has 0 aromatic heterocycles. The van der Waals surface area contributed by atoms with E-state index in [0.29, 0.717) is 13.1 Å². The Labute approximate surface area is 118 Å². The van der Waals surface area contributed by atoms with Gasteiger partial charge in [0.05, 0.1) is 10.0 Å². The summed E-state index contributed by atoms with van der Waals surface area (Å²) in [4.78, 5) is 0.00663. The number of hydrogen-bond acceptors (Lipinski definition) is 3. The molecule has 4 nitrogen and oxygen atoms in total. The van der Waals surface area contributed by atoms with E-state index in [9.17, 15) is 8.42 Å². The standard InChI is InChI=1S/C11H16Cl2N2O2S/c1-2-6-14-7-8-15-18(16,17)10-5-3-4-9(12)11(10)13/h3-5,14-15H,2,6-8H2,1H3. The molecule has 0 amide bonds. The Balaban J connectivity index is 2.66. The summed E-state index contributed by atoms with van der Waals surface area (Å²) in [5.41, 5.74) is 0. The summed E-state index contributed by atoms with van der Waals surface area (Å²) in [6.45, 7) is 3.79. The van der Waals surface area contributed by atoms with Gasteiger partial charge in [0.1, 0.15) is 4.90 Å². The van der Waals surface area contributed by atoms with E-state index in [1.54, 1.807) is 12.1 Å². The normalized spacial score (nSPS) is 11.7. The lowest BCUT2D eigenvalue weighted by molar-refractivity contribution is 0.575. The lowest BCUT2D eigenvalue weighted by Crippen LogP contribution is -2.32. The molecule has 0 saturated heterocycles. The van der Waals surface area contributed by atoms with Crippen molar-refractivity contribution in [3.63, 3.8) is 0 Å². The van der Waals surface area contributed by atoms with E-state index in [1.165, 1.54) is 6.07 Å². The van der Waals surface area contributed by atoms with Gasteiger partial charge in [-0.25, -0.2) is 13.1 Å². The number of benzene rings is 1. The molecule has 0 radical (unpaired) electrons. The zero-order chi connectivity index (χ0) is 13.6. The number of sulfonamides is 1. The van der Waals surface area contributed by atoms with Crippen LogP contribution < -0.4 is 10.0 Å². The Morgan fingerprint density at radius 3 is 2.56 bits per heavy atom. The maximum absolute atomic E-state index is 12.0. The topological polar surface area (TPSA) is 58.2 Å². The van der Waals surface area contributed by atoms with Crippen LogP contribution >= 0.6 is 23.2 Å². The average Bonchev–Trinajstić information content (AvgIpc) is 2.32. The number of nitrogens with one attached hydrogen (secondary N) is 2. The quantitative estimate of drug-likeness (QED) is 0.760. The Hall–Kier alpha value is -0.330. The van der Waals surface area contributed by atoms with Crippen molar-refractivity contribution < 1.29 is 8.42 Å². The molecule has 0 atom stereocenters. The molecule has 0 heterocycles. The van der Waals surface area contributed by atoms with Crippen LogP contribution in [0.2, 0.25) is 10.0 Å². The van der Waals surface area contributed by atoms with Crippen molar-refractivity contribution in [3.05, 3.63) is 28.2 Å². The highest BCUT2D eigenvalue weighted by Crippen LogP contribution is 2.28. The smallest absolute Gasteiger partial charge is 0.242 e. The minimum atomic E-state index is -3.61. The van der Waals surface area contributed by atoms with Crippen molar-refractivity contribution in [2.24, 2.45) is 0 Å². The zero-order valence-electron chi connectivity index (χ0n) is 10.0. The first kappa shape index (κ1) is 15.7. The van der Waals surface area contributed by atoms with Crippen LogP contribution in [0.4, 0.5) is 0 Å². The second-order valence-corrected chi connectivity index (χ2v) is 6.22. The molecule has 1 aromatic carbocycles. The Morgan fingerprint density at radius 1 is 1.17 bits per heavy atom. The van der Waals surface area contributed by atoms with Gasteiger partial charge in [0.15, 0.2) is 0 Å². The molecule has 2 N–H and O–H groups in total. The summed E-state index contributed by atoms with van der Waals surface area (Å²) in [5, 5.41) is 3.37. The number of rotatable bonds is 7. The fraction of sp³-hybridized carbons (Fsp3) is 0.455. The van der Waals surface area contributed by atoms with Gasteiger partial charge in [-0.15, -0.1) is 0 Å². The predicted molar refractivity (Wildman–Crippen MR) is 74.8 cm³/mol. The van der Waals surface area contributed by atoms with Crippen LogP contribution in [-0.4, -0.2) is 28.1 Å². The first-order valence-electron chi connectivity index (χ1n) is 5.63. The van der Waals surface area contributed by atoms with Gasteiger partial charge < -0.3 is 5.32 Å². The summed E-state index contributed by atoms with van der Waals surface area (Å²) in [6, 6.07) is 4.53. The summed E-state index contributed by atoms with van der Waals surface area (Å²) < 4.78 is 26.4. The van der Waals surface area contributed by atoms with Crippen LogP contribution in [0.5, 0.6) is 0 Å². The molecule has 0 bridgehead atoms. The van der Waals surface area contributed by atoms with Gasteiger partial charge in [-0.2, -0.15) is 0 Å². The van der Waals surface area contributed by atoms with E-state index < -0.39 is 10.0 Å². The first-order valence-corrected chi connectivity index (χ1v) is 7.87. The molecule has 102 valence electrons. The zero-order valence-corrected chi connectivity index (χ0v) is 12.4. The van der Waals surface area contributed by atoms with Crippen LogP contribution in [0.1, 0.15) is 13.3 Å². The summed E-state index contributed by atoms with van der Waals surface area (Å²) in [5.74, 6) is 0. The minimum absolute atomic E-state index is 0.00663. The fourth-order valence-corrected chi connectivity index (χ4v) is 3.14. The van der Waals surface area contributed by atoms with Crippen molar-refractivity contribution >= 4 is 33.2 Å². The van der Waals surface area contributed by atoms with Crippen molar-refractivity contribution in [2.75, 3.05) is 19.6 Å². The van der Waals surface area contributed by atoms with E-state index in [4.69, 9.17) is 23.2 Å². The maximum atomic E-state index is 12.0. The van der Waals surface area contributed by atoms with Crippen molar-refractivity contribution in [3.8, 4) is 0 Å². The van der Waals surface area contributed by atoms with E-state index in [0.717, 1.165) is 13.0 Å². The molecule has 7 heteroatoms. The molecule has 0 spiro atoms.